The van der Waals surface area contributed by atoms with Gasteiger partial charge < -0.3 is 25.2 Å². The number of nitrogens with zero attached hydrogens (tertiary/aromatic N) is 3. The first-order valence-corrected chi connectivity index (χ1v) is 10.3. The number of hydrogen-bond donors (Lipinski definition) is 2. The number of halogens is 1. The fraction of sp³-hybridized carbons (Fsp3) is 0.591. The number of aliphatic imine (C=N–C) groups is 1. The first kappa shape index (κ1) is 27.0. The van der Waals surface area contributed by atoms with E-state index in [2.05, 4.69) is 15.6 Å². The molecule has 0 atom stereocenters. The van der Waals surface area contributed by atoms with Crippen LogP contribution >= 0.6 is 24.0 Å². The molecule has 2 N–H and O–H groups in total. The molecule has 0 aromatic heterocycles. The molecule has 1 fully saturated rings. The maximum absolute atomic E-state index is 12.8. The van der Waals surface area contributed by atoms with Crippen LogP contribution in [0.1, 0.15) is 31.2 Å². The quantitative estimate of drug-likeness (QED) is 0.297. The van der Waals surface area contributed by atoms with Crippen molar-refractivity contribution in [1.29, 1.82) is 0 Å². The first-order valence-electron chi connectivity index (χ1n) is 10.3. The lowest BCUT2D eigenvalue weighted by atomic mass is 9.84. The van der Waals surface area contributed by atoms with E-state index in [0.717, 1.165) is 37.0 Å². The molecule has 1 aliphatic rings. The summed E-state index contributed by atoms with van der Waals surface area (Å²) in [6, 6.07) is 7.70. The highest BCUT2D eigenvalue weighted by atomic mass is 127. The molecule has 1 aromatic rings. The largest absolute Gasteiger partial charge is 0.497 e. The third-order valence-corrected chi connectivity index (χ3v) is 5.50. The molecule has 1 saturated carbocycles. The summed E-state index contributed by atoms with van der Waals surface area (Å²) in [5.74, 6) is 1.42. The van der Waals surface area contributed by atoms with Gasteiger partial charge in [-0.05, 0) is 30.5 Å². The Bertz CT molecular complexity index is 744. The maximum atomic E-state index is 12.8. The number of guanidine groups is 1. The number of rotatable bonds is 8. The van der Waals surface area contributed by atoms with E-state index in [0.29, 0.717) is 19.0 Å². The van der Waals surface area contributed by atoms with Gasteiger partial charge in [0.15, 0.2) is 5.96 Å². The van der Waals surface area contributed by atoms with Crippen LogP contribution in [0.2, 0.25) is 0 Å². The van der Waals surface area contributed by atoms with Crippen molar-refractivity contribution >= 4 is 41.8 Å². The lowest BCUT2D eigenvalue weighted by molar-refractivity contribution is -0.138. The van der Waals surface area contributed by atoms with Gasteiger partial charge in [-0.1, -0.05) is 25.0 Å². The average Bonchev–Trinajstić information content (AvgIpc) is 3.22. The monoisotopic (exact) mass is 545 g/mol. The normalized spacial score (nSPS) is 14.9. The number of carbonyl (C=O) groups is 2. The van der Waals surface area contributed by atoms with Crippen LogP contribution in [0.25, 0.3) is 0 Å². The zero-order valence-electron chi connectivity index (χ0n) is 19.2. The molecule has 0 bridgehead atoms. The molecular formula is C22H36IN5O3. The summed E-state index contributed by atoms with van der Waals surface area (Å²) in [5, 5.41) is 6.42. The van der Waals surface area contributed by atoms with E-state index in [1.807, 2.05) is 24.3 Å². The van der Waals surface area contributed by atoms with Gasteiger partial charge in [0.1, 0.15) is 5.75 Å². The van der Waals surface area contributed by atoms with Crippen molar-refractivity contribution in [1.82, 2.24) is 20.4 Å². The van der Waals surface area contributed by atoms with Crippen LogP contribution in [0.4, 0.5) is 0 Å². The van der Waals surface area contributed by atoms with Gasteiger partial charge in [-0.2, -0.15) is 0 Å². The second-order valence-corrected chi connectivity index (χ2v) is 8.20. The Kier molecular flexibility index (Phi) is 11.1. The fourth-order valence-corrected chi connectivity index (χ4v) is 3.64. The van der Waals surface area contributed by atoms with Crippen molar-refractivity contribution in [2.75, 3.05) is 48.4 Å². The summed E-state index contributed by atoms with van der Waals surface area (Å²) in [7, 11) is 8.67. The Balaban J connectivity index is 0.00000480. The Hall–Kier alpha value is -2.04. The summed E-state index contributed by atoms with van der Waals surface area (Å²) < 4.78 is 5.19. The van der Waals surface area contributed by atoms with Crippen molar-refractivity contribution in [2.24, 2.45) is 10.4 Å². The molecule has 1 aromatic carbocycles. The minimum Gasteiger partial charge on any atom is -0.497 e. The van der Waals surface area contributed by atoms with E-state index in [1.165, 1.54) is 4.90 Å². The summed E-state index contributed by atoms with van der Waals surface area (Å²) in [6.07, 6.45) is 3.82. The summed E-state index contributed by atoms with van der Waals surface area (Å²) in [5.41, 5.74) is 0.605. The van der Waals surface area contributed by atoms with Gasteiger partial charge in [-0.3, -0.25) is 9.59 Å². The number of carbonyl (C=O) groups excluding carboxylic acids is 2. The Morgan fingerprint density at radius 3 is 2.16 bits per heavy atom. The van der Waals surface area contributed by atoms with Gasteiger partial charge in [-0.15, -0.1) is 24.0 Å². The third-order valence-electron chi connectivity index (χ3n) is 5.50. The minimum absolute atomic E-state index is 0. The molecule has 0 saturated heterocycles. The number of methoxy groups -OCH3 is 1. The number of benzene rings is 1. The number of ether oxygens (including phenoxy) is 1. The molecule has 31 heavy (non-hydrogen) atoms. The third kappa shape index (κ3) is 7.86. The van der Waals surface area contributed by atoms with E-state index in [4.69, 9.17) is 4.74 Å². The summed E-state index contributed by atoms with van der Waals surface area (Å²) >= 11 is 0. The molecule has 2 rings (SSSR count). The Morgan fingerprint density at radius 2 is 1.65 bits per heavy atom. The highest BCUT2D eigenvalue weighted by Gasteiger charge is 2.42. The van der Waals surface area contributed by atoms with Gasteiger partial charge in [-0.25, -0.2) is 4.99 Å². The van der Waals surface area contributed by atoms with Gasteiger partial charge in [0.25, 0.3) is 0 Å². The predicted molar refractivity (Wildman–Crippen MR) is 134 cm³/mol. The molecule has 0 unspecified atom stereocenters. The molecule has 1 aliphatic carbocycles. The molecule has 0 heterocycles. The molecule has 174 valence electrons. The van der Waals surface area contributed by atoms with Crippen molar-refractivity contribution in [2.45, 2.75) is 32.2 Å². The summed E-state index contributed by atoms with van der Waals surface area (Å²) in [4.78, 5) is 32.7. The minimum atomic E-state index is -0.419. The van der Waals surface area contributed by atoms with Crippen LogP contribution in [-0.2, 0) is 16.1 Å². The van der Waals surface area contributed by atoms with Crippen molar-refractivity contribution in [3.63, 3.8) is 0 Å². The van der Waals surface area contributed by atoms with Gasteiger partial charge in [0, 0.05) is 34.7 Å². The average molecular weight is 545 g/mol. The standard InChI is InChI=1S/C22H35N5O3.HI/c1-26(2)19(28)15-24-21(23-14-17-8-10-18(30-5)11-9-17)25-16-22(12-6-7-13-22)20(29)27(3)4;/h8-11H,6-7,12-16H2,1-5H3,(H2,23,24,25);1H. The first-order chi connectivity index (χ1) is 14.3. The van der Waals surface area contributed by atoms with Crippen LogP contribution in [0.15, 0.2) is 29.3 Å². The lowest BCUT2D eigenvalue weighted by Crippen LogP contribution is -2.50. The van der Waals surface area contributed by atoms with Gasteiger partial charge >= 0.3 is 0 Å². The zero-order chi connectivity index (χ0) is 22.1. The van der Waals surface area contributed by atoms with Crippen LogP contribution in [-0.4, -0.2) is 76.0 Å². The number of amides is 2. The second-order valence-electron chi connectivity index (χ2n) is 8.20. The van der Waals surface area contributed by atoms with E-state index in [9.17, 15) is 9.59 Å². The fourth-order valence-electron chi connectivity index (χ4n) is 3.64. The maximum Gasteiger partial charge on any atom is 0.241 e. The second kappa shape index (κ2) is 12.7. The number of hydrogen-bond acceptors (Lipinski definition) is 4. The van der Waals surface area contributed by atoms with E-state index in [-0.39, 0.29) is 42.3 Å². The van der Waals surface area contributed by atoms with Crippen molar-refractivity contribution in [3.8, 4) is 5.75 Å². The van der Waals surface area contributed by atoms with Gasteiger partial charge in [0.2, 0.25) is 11.8 Å². The van der Waals surface area contributed by atoms with Crippen molar-refractivity contribution in [3.05, 3.63) is 29.8 Å². The van der Waals surface area contributed by atoms with Crippen LogP contribution in [0.3, 0.4) is 0 Å². The van der Waals surface area contributed by atoms with Crippen molar-refractivity contribution < 1.29 is 14.3 Å². The number of nitrogens with one attached hydrogen (secondary N) is 2. The molecule has 0 radical (unpaired) electrons. The molecule has 9 heteroatoms. The highest BCUT2D eigenvalue weighted by molar-refractivity contribution is 14.0. The Morgan fingerprint density at radius 1 is 1.03 bits per heavy atom. The smallest absolute Gasteiger partial charge is 0.241 e. The SMILES string of the molecule is COc1ccc(CN=C(NCC(=O)N(C)C)NCC2(C(=O)N(C)C)CCCC2)cc1.I. The molecule has 8 nitrogen and oxygen atoms in total. The molecule has 0 aliphatic heterocycles. The van der Waals surface area contributed by atoms with E-state index < -0.39 is 5.41 Å². The number of likely N-dealkylation sites (N-methyl/N-ethyl adjacent to an activating group) is 1. The zero-order valence-corrected chi connectivity index (χ0v) is 21.6. The Labute approximate surface area is 202 Å². The van der Waals surface area contributed by atoms with Gasteiger partial charge in [0.05, 0.1) is 25.6 Å². The molecular weight excluding hydrogens is 509 g/mol. The topological polar surface area (TPSA) is 86.3 Å². The van der Waals surface area contributed by atoms with Crippen LogP contribution in [0.5, 0.6) is 5.75 Å². The molecule has 0 spiro atoms. The highest BCUT2D eigenvalue weighted by Crippen LogP contribution is 2.38. The lowest BCUT2D eigenvalue weighted by Gasteiger charge is -2.31. The predicted octanol–water partition coefficient (Wildman–Crippen LogP) is 2.09. The van der Waals surface area contributed by atoms with E-state index >= 15 is 0 Å². The molecule has 2 amide bonds. The van der Waals surface area contributed by atoms with Crippen LogP contribution < -0.4 is 15.4 Å². The van der Waals surface area contributed by atoms with E-state index in [1.54, 1.807) is 40.2 Å². The summed E-state index contributed by atoms with van der Waals surface area (Å²) in [6.45, 7) is 1.08. The van der Waals surface area contributed by atoms with Crippen LogP contribution in [0, 0.1) is 5.41 Å².